The van der Waals surface area contributed by atoms with Gasteiger partial charge in [0, 0.05) is 0 Å². The van der Waals surface area contributed by atoms with E-state index < -0.39 is 0 Å². The van der Waals surface area contributed by atoms with Crippen molar-refractivity contribution in [2.75, 3.05) is 0 Å². The molecule has 10 heavy (non-hydrogen) atoms. The van der Waals surface area contributed by atoms with E-state index in [0.29, 0.717) is 5.69 Å². The molecule has 0 fully saturated rings. The molecule has 0 aliphatic rings. The van der Waals surface area contributed by atoms with Gasteiger partial charge in [-0.05, 0) is 25.5 Å². The van der Waals surface area contributed by atoms with E-state index in [1.165, 1.54) is 0 Å². The Labute approximate surface area is 59.7 Å². The molecular formula is C7H10N2O. The second-order valence-corrected chi connectivity index (χ2v) is 2.26. The molecule has 0 unspecified atom stereocenters. The van der Waals surface area contributed by atoms with Crippen LogP contribution in [-0.2, 0) is 6.61 Å². The van der Waals surface area contributed by atoms with Gasteiger partial charge in [0.2, 0.25) is 0 Å². The SMILES string of the molecule is Cc1cc(CO)nnc1C. The van der Waals surface area contributed by atoms with E-state index in [2.05, 4.69) is 10.2 Å². The lowest BCUT2D eigenvalue weighted by atomic mass is 10.2. The van der Waals surface area contributed by atoms with Crippen molar-refractivity contribution in [2.24, 2.45) is 0 Å². The third-order valence-electron chi connectivity index (χ3n) is 1.44. The maximum Gasteiger partial charge on any atom is 0.0888 e. The van der Waals surface area contributed by atoms with E-state index in [4.69, 9.17) is 5.11 Å². The Bertz CT molecular complexity index is 235. The molecule has 54 valence electrons. The molecule has 1 N–H and O–H groups in total. The summed E-state index contributed by atoms with van der Waals surface area (Å²) < 4.78 is 0. The van der Waals surface area contributed by atoms with Crippen LogP contribution in [0.4, 0.5) is 0 Å². The molecule has 1 aromatic heterocycles. The summed E-state index contributed by atoms with van der Waals surface area (Å²) in [6, 6.07) is 1.84. The molecule has 0 spiro atoms. The first-order valence-electron chi connectivity index (χ1n) is 3.14. The largest absolute Gasteiger partial charge is 0.390 e. The minimum atomic E-state index is -0.0336. The van der Waals surface area contributed by atoms with Gasteiger partial charge in [-0.1, -0.05) is 0 Å². The molecule has 0 radical (unpaired) electrons. The second-order valence-electron chi connectivity index (χ2n) is 2.26. The van der Waals surface area contributed by atoms with E-state index in [9.17, 15) is 0 Å². The van der Waals surface area contributed by atoms with Gasteiger partial charge in [-0.25, -0.2) is 0 Å². The molecule has 0 aliphatic heterocycles. The highest BCUT2D eigenvalue weighted by Gasteiger charge is 1.96. The molecule has 3 heteroatoms. The first-order chi connectivity index (χ1) is 4.74. The Balaban J connectivity index is 3.04. The summed E-state index contributed by atoms with van der Waals surface area (Å²) in [7, 11) is 0. The van der Waals surface area contributed by atoms with Crippen LogP contribution < -0.4 is 0 Å². The van der Waals surface area contributed by atoms with Gasteiger partial charge in [-0.2, -0.15) is 10.2 Å². The highest BCUT2D eigenvalue weighted by atomic mass is 16.3. The number of aliphatic hydroxyl groups excluding tert-OH is 1. The van der Waals surface area contributed by atoms with E-state index in [1.807, 2.05) is 19.9 Å². The Morgan fingerprint density at radius 1 is 1.40 bits per heavy atom. The monoisotopic (exact) mass is 138 g/mol. The maximum atomic E-state index is 8.65. The van der Waals surface area contributed by atoms with Crippen LogP contribution >= 0.6 is 0 Å². The molecule has 1 aromatic rings. The highest BCUT2D eigenvalue weighted by molar-refractivity contribution is 5.17. The number of hydrogen-bond donors (Lipinski definition) is 1. The molecule has 0 atom stereocenters. The van der Waals surface area contributed by atoms with Crippen molar-refractivity contribution in [2.45, 2.75) is 20.5 Å². The zero-order valence-corrected chi connectivity index (χ0v) is 6.13. The predicted molar refractivity (Wildman–Crippen MR) is 37.4 cm³/mol. The summed E-state index contributed by atoms with van der Waals surface area (Å²) in [5.74, 6) is 0. The Morgan fingerprint density at radius 3 is 2.60 bits per heavy atom. The van der Waals surface area contributed by atoms with Gasteiger partial charge in [-0.3, -0.25) is 0 Å². The predicted octanol–water partition coefficient (Wildman–Crippen LogP) is 0.586. The molecular weight excluding hydrogens is 128 g/mol. The fraction of sp³-hybridized carbons (Fsp3) is 0.429. The van der Waals surface area contributed by atoms with E-state index in [-0.39, 0.29) is 6.61 Å². The van der Waals surface area contributed by atoms with E-state index in [1.54, 1.807) is 0 Å². The Hall–Kier alpha value is -0.960. The molecule has 0 aliphatic carbocycles. The third kappa shape index (κ3) is 1.30. The van der Waals surface area contributed by atoms with Crippen molar-refractivity contribution in [3.63, 3.8) is 0 Å². The summed E-state index contributed by atoms with van der Waals surface area (Å²) in [5.41, 5.74) is 2.61. The lowest BCUT2D eigenvalue weighted by Gasteiger charge is -1.98. The van der Waals surface area contributed by atoms with E-state index >= 15 is 0 Å². The first-order valence-corrected chi connectivity index (χ1v) is 3.14. The van der Waals surface area contributed by atoms with Crippen molar-refractivity contribution in [3.05, 3.63) is 23.0 Å². The van der Waals surface area contributed by atoms with Gasteiger partial charge in [0.05, 0.1) is 18.0 Å². The number of aliphatic hydroxyl groups is 1. The summed E-state index contributed by atoms with van der Waals surface area (Å²) in [4.78, 5) is 0. The molecule has 3 nitrogen and oxygen atoms in total. The number of aryl methyl sites for hydroxylation is 2. The van der Waals surface area contributed by atoms with Gasteiger partial charge in [0.1, 0.15) is 0 Å². The molecule has 0 saturated carbocycles. The average molecular weight is 138 g/mol. The standard InChI is InChI=1S/C7H10N2O/c1-5-3-7(4-10)9-8-6(5)2/h3,10H,4H2,1-2H3. The van der Waals surface area contributed by atoms with Gasteiger partial charge in [0.25, 0.3) is 0 Å². The topological polar surface area (TPSA) is 46.0 Å². The van der Waals surface area contributed by atoms with Crippen molar-refractivity contribution in [1.82, 2.24) is 10.2 Å². The molecule has 0 bridgehead atoms. The average Bonchev–Trinajstić information content (AvgIpc) is 1.95. The number of rotatable bonds is 1. The van der Waals surface area contributed by atoms with Crippen molar-refractivity contribution in [3.8, 4) is 0 Å². The highest BCUT2D eigenvalue weighted by Crippen LogP contribution is 2.02. The quantitative estimate of drug-likeness (QED) is 0.617. The van der Waals surface area contributed by atoms with Gasteiger partial charge < -0.3 is 5.11 Å². The maximum absolute atomic E-state index is 8.65. The number of aromatic nitrogens is 2. The third-order valence-corrected chi connectivity index (χ3v) is 1.44. The zero-order chi connectivity index (χ0) is 7.56. The summed E-state index contributed by atoms with van der Waals surface area (Å²) in [6.07, 6.45) is 0. The number of hydrogen-bond acceptors (Lipinski definition) is 3. The van der Waals surface area contributed by atoms with Crippen LogP contribution in [0.2, 0.25) is 0 Å². The van der Waals surface area contributed by atoms with Crippen molar-refractivity contribution >= 4 is 0 Å². The van der Waals surface area contributed by atoms with Crippen LogP contribution in [0.3, 0.4) is 0 Å². The van der Waals surface area contributed by atoms with Crippen LogP contribution in [0.15, 0.2) is 6.07 Å². The van der Waals surface area contributed by atoms with Gasteiger partial charge in [-0.15, -0.1) is 0 Å². The zero-order valence-electron chi connectivity index (χ0n) is 6.13. The fourth-order valence-corrected chi connectivity index (χ4v) is 0.679. The van der Waals surface area contributed by atoms with Crippen LogP contribution in [0.1, 0.15) is 17.0 Å². The van der Waals surface area contributed by atoms with Crippen LogP contribution in [0.25, 0.3) is 0 Å². The minimum Gasteiger partial charge on any atom is -0.390 e. The van der Waals surface area contributed by atoms with Crippen LogP contribution in [0, 0.1) is 13.8 Å². The molecule has 0 aromatic carbocycles. The molecule has 0 saturated heterocycles. The summed E-state index contributed by atoms with van der Waals surface area (Å²) in [5, 5.41) is 16.2. The van der Waals surface area contributed by atoms with Crippen LogP contribution in [0.5, 0.6) is 0 Å². The molecule has 0 amide bonds. The summed E-state index contributed by atoms with van der Waals surface area (Å²) >= 11 is 0. The smallest absolute Gasteiger partial charge is 0.0888 e. The Kier molecular flexibility index (Phi) is 1.97. The van der Waals surface area contributed by atoms with Crippen molar-refractivity contribution in [1.29, 1.82) is 0 Å². The van der Waals surface area contributed by atoms with Crippen molar-refractivity contribution < 1.29 is 5.11 Å². The fourth-order valence-electron chi connectivity index (χ4n) is 0.679. The molecule has 1 rings (SSSR count). The summed E-state index contributed by atoms with van der Waals surface area (Å²) in [6.45, 7) is 3.81. The van der Waals surface area contributed by atoms with Gasteiger partial charge in [0.15, 0.2) is 0 Å². The van der Waals surface area contributed by atoms with E-state index in [0.717, 1.165) is 11.3 Å². The second kappa shape index (κ2) is 2.75. The normalized spacial score (nSPS) is 9.90. The first kappa shape index (κ1) is 7.15. The lowest BCUT2D eigenvalue weighted by Crippen LogP contribution is -1.96. The molecule has 1 heterocycles. The number of nitrogens with zero attached hydrogens (tertiary/aromatic N) is 2. The van der Waals surface area contributed by atoms with Gasteiger partial charge >= 0.3 is 0 Å². The Morgan fingerprint density at radius 2 is 2.10 bits per heavy atom. The van der Waals surface area contributed by atoms with Crippen LogP contribution in [-0.4, -0.2) is 15.3 Å². The lowest BCUT2D eigenvalue weighted by molar-refractivity contribution is 0.275. The minimum absolute atomic E-state index is 0.0336.